The Labute approximate surface area is 221 Å². The predicted molar refractivity (Wildman–Crippen MR) is 159 cm³/mol. The third-order valence-corrected chi connectivity index (χ3v) is 11.1. The van der Waals surface area contributed by atoms with Gasteiger partial charge in [0.25, 0.3) is 0 Å². The Bertz CT molecular complexity index is 862. The molecule has 0 saturated heterocycles. The molecule has 0 amide bonds. The molecule has 4 heteroatoms. The molecule has 0 aromatic heterocycles. The topological polar surface area (TPSA) is 49.7 Å². The Kier molecular flexibility index (Phi) is 12.1. The van der Waals surface area contributed by atoms with Crippen LogP contribution in [0.15, 0.2) is 24.3 Å². The number of hydrogen-bond acceptors (Lipinski definition) is 3. The quantitative estimate of drug-likeness (QED) is 0.178. The monoisotopic (exact) mass is 516 g/mol. The maximum absolute atomic E-state index is 12.9. The summed E-state index contributed by atoms with van der Waals surface area (Å²) in [6.45, 7) is 15.4. The van der Waals surface area contributed by atoms with Crippen molar-refractivity contribution in [1.29, 1.82) is 0 Å². The molecule has 2 rings (SSSR count). The molecular formula is C32H53O3P. The van der Waals surface area contributed by atoms with Crippen molar-refractivity contribution in [3.8, 4) is 0 Å². The van der Waals surface area contributed by atoms with Gasteiger partial charge in [0.05, 0.1) is 0 Å². The summed E-state index contributed by atoms with van der Waals surface area (Å²) in [5, 5.41) is 1.34. The first kappa shape index (κ1) is 31.0. The number of benzene rings is 2. The van der Waals surface area contributed by atoms with Crippen molar-refractivity contribution in [2.75, 3.05) is 6.61 Å². The minimum atomic E-state index is -4.93. The SMILES string of the molecule is CCCCCCCCOP(O)(O)(c1c(CC)cc(CC)cc1CC)c1c(CC)cc(CC)cc1CC. The molecule has 0 spiro atoms. The molecule has 0 bridgehead atoms. The number of rotatable bonds is 16. The van der Waals surface area contributed by atoms with Crippen LogP contribution in [0.2, 0.25) is 0 Å². The maximum atomic E-state index is 12.9. The standard InChI is InChI=1S/C32H53O3P/c1-8-15-16-17-18-19-20-35-36(33,34,31-27(11-4)21-25(9-2)22-28(31)12-5)32-29(13-6)23-26(10-3)24-30(32)14-7/h21-24,33-34H,8-20H2,1-7H3. The number of aryl methyl sites for hydroxylation is 6. The van der Waals surface area contributed by atoms with Crippen molar-refractivity contribution in [3.63, 3.8) is 0 Å². The van der Waals surface area contributed by atoms with E-state index in [9.17, 15) is 9.79 Å². The summed E-state index contributed by atoms with van der Waals surface area (Å²) in [7, 11) is -4.93. The molecule has 0 aliphatic heterocycles. The molecule has 0 fully saturated rings. The normalized spacial score (nSPS) is 13.1. The molecule has 204 valence electrons. The Morgan fingerprint density at radius 1 is 0.528 bits per heavy atom. The van der Waals surface area contributed by atoms with Gasteiger partial charge in [-0.2, -0.15) is 0 Å². The third-order valence-electron chi connectivity index (χ3n) is 7.64. The van der Waals surface area contributed by atoms with E-state index in [1.807, 2.05) is 0 Å². The number of hydrogen-bond donors (Lipinski definition) is 2. The molecule has 0 aliphatic rings. The summed E-state index contributed by atoms with van der Waals surface area (Å²) in [6.07, 6.45) is 11.6. The van der Waals surface area contributed by atoms with E-state index in [4.69, 9.17) is 4.52 Å². The average molecular weight is 517 g/mol. The van der Waals surface area contributed by atoms with Gasteiger partial charge in [-0.3, -0.25) is 0 Å². The average Bonchev–Trinajstić information content (AvgIpc) is 2.90. The second-order valence-corrected chi connectivity index (χ2v) is 13.2. The van der Waals surface area contributed by atoms with Crippen molar-refractivity contribution >= 4 is 17.9 Å². The molecule has 0 atom stereocenters. The molecule has 0 aliphatic carbocycles. The molecule has 2 aromatic rings. The molecule has 0 radical (unpaired) electrons. The minimum absolute atomic E-state index is 0.362. The van der Waals surface area contributed by atoms with Gasteiger partial charge in [0.1, 0.15) is 0 Å². The fourth-order valence-electron chi connectivity index (χ4n) is 5.55. The first-order valence-corrected chi connectivity index (χ1v) is 16.8. The molecular weight excluding hydrogens is 463 g/mol. The molecule has 0 saturated carbocycles. The van der Waals surface area contributed by atoms with Gasteiger partial charge in [-0.25, -0.2) is 0 Å². The van der Waals surface area contributed by atoms with Crippen molar-refractivity contribution in [1.82, 2.24) is 0 Å². The van der Waals surface area contributed by atoms with Gasteiger partial charge in [0.15, 0.2) is 0 Å². The van der Waals surface area contributed by atoms with Gasteiger partial charge >= 0.3 is 222 Å². The first-order chi connectivity index (χ1) is 17.2. The van der Waals surface area contributed by atoms with Gasteiger partial charge in [0, 0.05) is 0 Å². The van der Waals surface area contributed by atoms with Crippen molar-refractivity contribution in [2.45, 2.75) is 126 Å². The van der Waals surface area contributed by atoms with Crippen LogP contribution in [-0.2, 0) is 43.0 Å². The van der Waals surface area contributed by atoms with Gasteiger partial charge in [0.2, 0.25) is 0 Å². The fourth-order valence-corrected chi connectivity index (χ4v) is 9.47. The van der Waals surface area contributed by atoms with Crippen LogP contribution in [0, 0.1) is 0 Å². The summed E-state index contributed by atoms with van der Waals surface area (Å²) in [6, 6.07) is 8.70. The number of unbranched alkanes of at least 4 members (excludes halogenated alkanes) is 5. The Hall–Kier alpha value is -1.25. The van der Waals surface area contributed by atoms with Crippen LogP contribution in [0.4, 0.5) is 0 Å². The van der Waals surface area contributed by atoms with Crippen LogP contribution in [0.25, 0.3) is 0 Å². The van der Waals surface area contributed by atoms with Crippen molar-refractivity contribution < 1.29 is 14.3 Å². The predicted octanol–water partition coefficient (Wildman–Crippen LogP) is 7.67. The zero-order valence-corrected chi connectivity index (χ0v) is 25.1. The van der Waals surface area contributed by atoms with Crippen LogP contribution >= 0.6 is 7.28 Å². The van der Waals surface area contributed by atoms with Crippen LogP contribution < -0.4 is 10.6 Å². The fraction of sp³-hybridized carbons (Fsp3) is 0.625. The third kappa shape index (κ3) is 6.79. The van der Waals surface area contributed by atoms with E-state index in [1.54, 1.807) is 0 Å². The van der Waals surface area contributed by atoms with Gasteiger partial charge in [-0.05, 0) is 0 Å². The van der Waals surface area contributed by atoms with E-state index in [-0.39, 0.29) is 0 Å². The molecule has 0 heterocycles. The van der Waals surface area contributed by atoms with Crippen molar-refractivity contribution in [3.05, 3.63) is 57.6 Å². The van der Waals surface area contributed by atoms with Crippen LogP contribution in [0.1, 0.15) is 120 Å². The van der Waals surface area contributed by atoms with Crippen LogP contribution in [-0.4, -0.2) is 16.4 Å². The van der Waals surface area contributed by atoms with E-state index in [0.29, 0.717) is 17.2 Å². The van der Waals surface area contributed by atoms with E-state index in [0.717, 1.165) is 73.6 Å². The van der Waals surface area contributed by atoms with Gasteiger partial charge in [-0.1, -0.05) is 0 Å². The van der Waals surface area contributed by atoms with Crippen LogP contribution in [0.3, 0.4) is 0 Å². The Balaban J connectivity index is 2.78. The zero-order chi connectivity index (χ0) is 26.8. The van der Waals surface area contributed by atoms with E-state index >= 15 is 0 Å². The Morgan fingerprint density at radius 3 is 1.22 bits per heavy atom. The second kappa shape index (κ2) is 14.1. The summed E-state index contributed by atoms with van der Waals surface area (Å²) < 4.78 is 6.55. The van der Waals surface area contributed by atoms with Crippen molar-refractivity contribution in [2.24, 2.45) is 0 Å². The first-order valence-electron chi connectivity index (χ1n) is 14.7. The van der Waals surface area contributed by atoms with E-state index in [1.165, 1.54) is 36.8 Å². The Morgan fingerprint density at radius 2 is 0.889 bits per heavy atom. The second-order valence-electron chi connectivity index (χ2n) is 10.2. The van der Waals surface area contributed by atoms with Gasteiger partial charge < -0.3 is 0 Å². The summed E-state index contributed by atoms with van der Waals surface area (Å²) in [5.41, 5.74) is 6.55. The zero-order valence-electron chi connectivity index (χ0n) is 24.3. The molecule has 2 N–H and O–H groups in total. The summed E-state index contributed by atoms with van der Waals surface area (Å²) in [4.78, 5) is 25.8. The molecule has 3 nitrogen and oxygen atoms in total. The summed E-state index contributed by atoms with van der Waals surface area (Å²) >= 11 is 0. The van der Waals surface area contributed by atoms with E-state index < -0.39 is 7.28 Å². The molecule has 36 heavy (non-hydrogen) atoms. The van der Waals surface area contributed by atoms with Gasteiger partial charge in [-0.15, -0.1) is 0 Å². The summed E-state index contributed by atoms with van der Waals surface area (Å²) in [5.74, 6) is 0. The van der Waals surface area contributed by atoms with E-state index in [2.05, 4.69) is 72.7 Å². The van der Waals surface area contributed by atoms with Crippen LogP contribution in [0.5, 0.6) is 0 Å². The molecule has 0 unspecified atom stereocenters. The molecule has 2 aromatic carbocycles.